The van der Waals surface area contributed by atoms with Crippen molar-refractivity contribution in [3.05, 3.63) is 68.2 Å². The van der Waals surface area contributed by atoms with Crippen LogP contribution in [0.1, 0.15) is 33.9 Å². The third-order valence-corrected chi connectivity index (χ3v) is 4.24. The first-order chi connectivity index (χ1) is 8.90. The van der Waals surface area contributed by atoms with Crippen LogP contribution in [0.2, 0.25) is 10.0 Å². The largest absolute Gasteiger partial charge is 0.320 e. The van der Waals surface area contributed by atoms with Gasteiger partial charge in [-0.15, -0.1) is 0 Å². The van der Waals surface area contributed by atoms with Gasteiger partial charge in [0.15, 0.2) is 0 Å². The molecular weight excluding hydrogens is 277 g/mol. The molecule has 0 amide bonds. The Bertz CT molecular complexity index is 620. The van der Waals surface area contributed by atoms with Gasteiger partial charge < -0.3 is 5.73 Å². The number of aryl methyl sites for hydroxylation is 3. The van der Waals surface area contributed by atoms with E-state index >= 15 is 0 Å². The van der Waals surface area contributed by atoms with Gasteiger partial charge in [0.2, 0.25) is 0 Å². The van der Waals surface area contributed by atoms with Crippen molar-refractivity contribution in [3.63, 3.8) is 0 Å². The van der Waals surface area contributed by atoms with Gasteiger partial charge in [0.05, 0.1) is 6.04 Å². The van der Waals surface area contributed by atoms with Crippen LogP contribution < -0.4 is 5.73 Å². The summed E-state index contributed by atoms with van der Waals surface area (Å²) < 4.78 is 0. The van der Waals surface area contributed by atoms with Crippen molar-refractivity contribution in [2.24, 2.45) is 5.73 Å². The molecule has 0 saturated carbocycles. The standard InChI is InChI=1S/C16H17Cl2N/c1-9-4-5-12(8-14(9)17)16(19)13-6-10(2)11(3)7-15(13)18/h4-8,16H,19H2,1-3H3. The molecule has 0 heterocycles. The summed E-state index contributed by atoms with van der Waals surface area (Å²) in [6.45, 7) is 6.07. The van der Waals surface area contributed by atoms with Gasteiger partial charge in [0, 0.05) is 10.0 Å². The van der Waals surface area contributed by atoms with Crippen LogP contribution in [0.25, 0.3) is 0 Å². The molecule has 0 fully saturated rings. The molecule has 19 heavy (non-hydrogen) atoms. The molecule has 0 bridgehead atoms. The predicted molar refractivity (Wildman–Crippen MR) is 83.1 cm³/mol. The lowest BCUT2D eigenvalue weighted by Gasteiger charge is -2.17. The molecule has 0 radical (unpaired) electrons. The number of halogens is 2. The molecule has 0 aliphatic rings. The molecule has 3 heteroatoms. The maximum absolute atomic E-state index is 6.31. The van der Waals surface area contributed by atoms with Crippen molar-refractivity contribution >= 4 is 23.2 Å². The molecule has 100 valence electrons. The molecule has 0 aliphatic heterocycles. The molecule has 2 aromatic rings. The van der Waals surface area contributed by atoms with Crippen molar-refractivity contribution in [2.75, 3.05) is 0 Å². The van der Waals surface area contributed by atoms with Gasteiger partial charge in [-0.1, -0.05) is 41.4 Å². The van der Waals surface area contributed by atoms with Crippen LogP contribution in [0.5, 0.6) is 0 Å². The van der Waals surface area contributed by atoms with Crippen LogP contribution >= 0.6 is 23.2 Å². The summed E-state index contributed by atoms with van der Waals surface area (Å²) >= 11 is 12.5. The minimum absolute atomic E-state index is 0.259. The van der Waals surface area contributed by atoms with Crippen molar-refractivity contribution in [1.29, 1.82) is 0 Å². The average molecular weight is 294 g/mol. The molecule has 1 atom stereocenters. The Morgan fingerprint density at radius 2 is 1.47 bits per heavy atom. The van der Waals surface area contributed by atoms with Crippen LogP contribution in [0.4, 0.5) is 0 Å². The fraction of sp³-hybridized carbons (Fsp3) is 0.250. The van der Waals surface area contributed by atoms with Crippen LogP contribution in [-0.4, -0.2) is 0 Å². The molecular formula is C16H17Cl2N. The zero-order valence-electron chi connectivity index (χ0n) is 11.3. The van der Waals surface area contributed by atoms with E-state index in [1.54, 1.807) is 0 Å². The fourth-order valence-electron chi connectivity index (χ4n) is 2.02. The van der Waals surface area contributed by atoms with E-state index in [1.807, 2.05) is 38.1 Å². The quantitative estimate of drug-likeness (QED) is 0.831. The van der Waals surface area contributed by atoms with Gasteiger partial charge in [-0.25, -0.2) is 0 Å². The highest BCUT2D eigenvalue weighted by Crippen LogP contribution is 2.30. The summed E-state index contributed by atoms with van der Waals surface area (Å²) in [6.07, 6.45) is 0. The smallest absolute Gasteiger partial charge is 0.0567 e. The molecule has 2 aromatic carbocycles. The second-order valence-electron chi connectivity index (χ2n) is 4.94. The Labute approximate surface area is 124 Å². The van der Waals surface area contributed by atoms with Crippen LogP contribution in [0, 0.1) is 20.8 Å². The second-order valence-corrected chi connectivity index (χ2v) is 5.76. The van der Waals surface area contributed by atoms with Gasteiger partial charge in [0.25, 0.3) is 0 Å². The van der Waals surface area contributed by atoms with Gasteiger partial charge in [0.1, 0.15) is 0 Å². The fourth-order valence-corrected chi connectivity index (χ4v) is 2.55. The van der Waals surface area contributed by atoms with Gasteiger partial charge >= 0.3 is 0 Å². The van der Waals surface area contributed by atoms with Crippen molar-refractivity contribution in [1.82, 2.24) is 0 Å². The van der Waals surface area contributed by atoms with E-state index in [0.717, 1.165) is 21.7 Å². The number of benzene rings is 2. The van der Waals surface area contributed by atoms with E-state index in [9.17, 15) is 0 Å². The van der Waals surface area contributed by atoms with E-state index < -0.39 is 0 Å². The summed E-state index contributed by atoms with van der Waals surface area (Å²) in [6, 6.07) is 9.64. The summed E-state index contributed by atoms with van der Waals surface area (Å²) in [4.78, 5) is 0. The lowest BCUT2D eigenvalue weighted by molar-refractivity contribution is 0.868. The highest BCUT2D eigenvalue weighted by atomic mass is 35.5. The van der Waals surface area contributed by atoms with Crippen molar-refractivity contribution in [3.8, 4) is 0 Å². The zero-order chi connectivity index (χ0) is 14.2. The molecule has 1 unspecified atom stereocenters. The minimum Gasteiger partial charge on any atom is -0.320 e. The Hall–Kier alpha value is -1.02. The van der Waals surface area contributed by atoms with Gasteiger partial charge in [-0.05, 0) is 60.7 Å². The topological polar surface area (TPSA) is 26.0 Å². The van der Waals surface area contributed by atoms with Crippen LogP contribution in [0.3, 0.4) is 0 Å². The third kappa shape index (κ3) is 2.94. The maximum atomic E-state index is 6.31. The molecule has 0 spiro atoms. The Kier molecular flexibility index (Phi) is 4.19. The van der Waals surface area contributed by atoms with E-state index in [1.165, 1.54) is 11.1 Å². The summed E-state index contributed by atoms with van der Waals surface area (Å²) in [5, 5.41) is 1.43. The number of rotatable bonds is 2. The first kappa shape index (κ1) is 14.4. The van der Waals surface area contributed by atoms with E-state index in [2.05, 4.69) is 13.0 Å². The summed E-state index contributed by atoms with van der Waals surface area (Å²) in [5.41, 5.74) is 11.6. The van der Waals surface area contributed by atoms with Gasteiger partial charge in [-0.2, -0.15) is 0 Å². The predicted octanol–water partition coefficient (Wildman–Crippen LogP) is 4.97. The monoisotopic (exact) mass is 293 g/mol. The number of nitrogens with two attached hydrogens (primary N) is 1. The molecule has 0 saturated heterocycles. The highest BCUT2D eigenvalue weighted by molar-refractivity contribution is 6.32. The number of hydrogen-bond acceptors (Lipinski definition) is 1. The number of hydrogen-bond donors (Lipinski definition) is 1. The van der Waals surface area contributed by atoms with Crippen LogP contribution in [0.15, 0.2) is 30.3 Å². The lowest BCUT2D eigenvalue weighted by atomic mass is 9.95. The Morgan fingerprint density at radius 3 is 2.11 bits per heavy atom. The second kappa shape index (κ2) is 5.54. The van der Waals surface area contributed by atoms with E-state index in [0.29, 0.717) is 5.02 Å². The zero-order valence-corrected chi connectivity index (χ0v) is 12.8. The molecule has 0 aromatic heterocycles. The average Bonchev–Trinajstić information content (AvgIpc) is 2.36. The SMILES string of the molecule is Cc1cc(Cl)c(C(N)c2ccc(C)c(Cl)c2)cc1C. The van der Waals surface area contributed by atoms with Crippen molar-refractivity contribution in [2.45, 2.75) is 26.8 Å². The maximum Gasteiger partial charge on any atom is 0.0567 e. The van der Waals surface area contributed by atoms with E-state index in [4.69, 9.17) is 28.9 Å². The Balaban J connectivity index is 2.46. The van der Waals surface area contributed by atoms with E-state index in [-0.39, 0.29) is 6.04 Å². The molecule has 2 rings (SSSR count). The molecule has 1 nitrogen and oxygen atoms in total. The first-order valence-corrected chi connectivity index (χ1v) is 6.94. The Morgan fingerprint density at radius 1 is 0.842 bits per heavy atom. The lowest BCUT2D eigenvalue weighted by Crippen LogP contribution is -2.13. The molecule has 0 aliphatic carbocycles. The minimum atomic E-state index is -0.259. The summed E-state index contributed by atoms with van der Waals surface area (Å²) in [7, 11) is 0. The van der Waals surface area contributed by atoms with Crippen LogP contribution in [-0.2, 0) is 0 Å². The van der Waals surface area contributed by atoms with Crippen molar-refractivity contribution < 1.29 is 0 Å². The van der Waals surface area contributed by atoms with Gasteiger partial charge in [-0.3, -0.25) is 0 Å². The molecule has 2 N–H and O–H groups in total. The first-order valence-electron chi connectivity index (χ1n) is 6.18. The normalized spacial score (nSPS) is 12.5. The highest BCUT2D eigenvalue weighted by Gasteiger charge is 2.14. The summed E-state index contributed by atoms with van der Waals surface area (Å²) in [5.74, 6) is 0. The third-order valence-electron chi connectivity index (χ3n) is 3.50.